The maximum Gasteiger partial charge on any atom is 0.191 e. The summed E-state index contributed by atoms with van der Waals surface area (Å²) in [7, 11) is 1.76. The molecule has 2 rings (SSSR count). The lowest BCUT2D eigenvalue weighted by molar-refractivity contribution is 0.744. The molecule has 0 radical (unpaired) electrons. The summed E-state index contributed by atoms with van der Waals surface area (Å²) < 4.78 is 1.96. The lowest BCUT2D eigenvalue weighted by atomic mass is 10.3. The second-order valence-electron chi connectivity index (χ2n) is 4.31. The van der Waals surface area contributed by atoms with Crippen LogP contribution in [0.3, 0.4) is 0 Å². The van der Waals surface area contributed by atoms with Gasteiger partial charge >= 0.3 is 0 Å². The molecule has 1 heterocycles. The standard InChI is InChI=1S/C14H20N6.HI/c1-3-9-16-14(15-2)17-10-13-19-18-11-20(13)12-7-5-4-6-8-12;/h4-8,11H,3,9-10H2,1-2H3,(H2,15,16,17);1H. The molecule has 6 nitrogen and oxygen atoms in total. The number of aliphatic imine (C=N–C) groups is 1. The summed E-state index contributed by atoms with van der Waals surface area (Å²) in [6.07, 6.45) is 2.77. The van der Waals surface area contributed by atoms with Gasteiger partial charge in [-0.15, -0.1) is 34.2 Å². The summed E-state index contributed by atoms with van der Waals surface area (Å²) in [5.74, 6) is 1.62. The molecule has 0 fully saturated rings. The van der Waals surface area contributed by atoms with Gasteiger partial charge in [0.2, 0.25) is 0 Å². The number of guanidine groups is 1. The minimum Gasteiger partial charge on any atom is -0.356 e. The third kappa shape index (κ3) is 5.00. The van der Waals surface area contributed by atoms with Gasteiger partial charge in [0.1, 0.15) is 6.33 Å². The van der Waals surface area contributed by atoms with Gasteiger partial charge in [-0.25, -0.2) is 0 Å². The molecule has 0 saturated heterocycles. The zero-order valence-corrected chi connectivity index (χ0v) is 14.6. The van der Waals surface area contributed by atoms with Gasteiger partial charge in [-0.1, -0.05) is 25.1 Å². The van der Waals surface area contributed by atoms with Crippen molar-refractivity contribution in [1.82, 2.24) is 25.4 Å². The molecule has 0 saturated carbocycles. The van der Waals surface area contributed by atoms with Crippen molar-refractivity contribution in [2.45, 2.75) is 19.9 Å². The number of hydrogen-bond acceptors (Lipinski definition) is 3. The van der Waals surface area contributed by atoms with Crippen molar-refractivity contribution in [2.24, 2.45) is 4.99 Å². The highest BCUT2D eigenvalue weighted by molar-refractivity contribution is 14.0. The first-order valence-corrected chi connectivity index (χ1v) is 6.74. The summed E-state index contributed by atoms with van der Waals surface area (Å²) in [4.78, 5) is 4.16. The predicted octanol–water partition coefficient (Wildman–Crippen LogP) is 1.96. The van der Waals surface area contributed by atoms with Crippen molar-refractivity contribution in [3.05, 3.63) is 42.5 Å². The Morgan fingerprint density at radius 2 is 2.00 bits per heavy atom. The number of aromatic nitrogens is 3. The number of nitrogens with one attached hydrogen (secondary N) is 2. The van der Waals surface area contributed by atoms with E-state index >= 15 is 0 Å². The molecule has 0 spiro atoms. The molecule has 7 heteroatoms. The van der Waals surface area contributed by atoms with Crippen molar-refractivity contribution < 1.29 is 0 Å². The van der Waals surface area contributed by atoms with Crippen molar-refractivity contribution in [3.8, 4) is 5.69 Å². The Morgan fingerprint density at radius 3 is 2.67 bits per heavy atom. The quantitative estimate of drug-likeness (QED) is 0.458. The van der Waals surface area contributed by atoms with Gasteiger partial charge in [0, 0.05) is 19.3 Å². The van der Waals surface area contributed by atoms with Gasteiger partial charge in [-0.3, -0.25) is 9.56 Å². The summed E-state index contributed by atoms with van der Waals surface area (Å²) in [5, 5.41) is 14.6. The lowest BCUT2D eigenvalue weighted by Gasteiger charge is -2.11. The van der Waals surface area contributed by atoms with E-state index < -0.39 is 0 Å². The Bertz CT molecular complexity index is 552. The maximum absolute atomic E-state index is 4.16. The zero-order chi connectivity index (χ0) is 14.2. The van der Waals surface area contributed by atoms with Crippen LogP contribution in [-0.4, -0.2) is 34.3 Å². The summed E-state index contributed by atoms with van der Waals surface area (Å²) >= 11 is 0. The van der Waals surface area contributed by atoms with E-state index in [2.05, 4.69) is 32.7 Å². The molecular weight excluding hydrogens is 379 g/mol. The molecule has 0 atom stereocenters. The van der Waals surface area contributed by atoms with Crippen LogP contribution in [0.25, 0.3) is 5.69 Å². The third-order valence-electron chi connectivity index (χ3n) is 2.83. The van der Waals surface area contributed by atoms with E-state index in [1.165, 1.54) is 0 Å². The second kappa shape index (κ2) is 9.32. The van der Waals surface area contributed by atoms with Gasteiger partial charge in [0.05, 0.1) is 6.54 Å². The van der Waals surface area contributed by atoms with E-state index in [0.717, 1.165) is 30.4 Å². The number of hydrogen-bond donors (Lipinski definition) is 2. The fourth-order valence-corrected chi connectivity index (χ4v) is 1.81. The molecule has 0 amide bonds. The molecule has 0 aliphatic rings. The van der Waals surface area contributed by atoms with Crippen LogP contribution in [0, 0.1) is 0 Å². The van der Waals surface area contributed by atoms with E-state index in [1.54, 1.807) is 13.4 Å². The maximum atomic E-state index is 4.16. The number of para-hydroxylation sites is 1. The van der Waals surface area contributed by atoms with Crippen LogP contribution in [0.15, 0.2) is 41.7 Å². The zero-order valence-electron chi connectivity index (χ0n) is 12.3. The molecule has 2 aromatic rings. The Hall–Kier alpha value is -1.64. The monoisotopic (exact) mass is 400 g/mol. The van der Waals surface area contributed by atoms with Crippen LogP contribution in [0.1, 0.15) is 19.2 Å². The van der Waals surface area contributed by atoms with E-state index in [0.29, 0.717) is 6.54 Å². The van der Waals surface area contributed by atoms with Crippen LogP contribution in [0.5, 0.6) is 0 Å². The average molecular weight is 400 g/mol. The Morgan fingerprint density at radius 1 is 1.24 bits per heavy atom. The Balaban J connectivity index is 0.00000220. The van der Waals surface area contributed by atoms with Crippen LogP contribution >= 0.6 is 24.0 Å². The van der Waals surface area contributed by atoms with Crippen molar-refractivity contribution in [2.75, 3.05) is 13.6 Å². The molecule has 0 aliphatic heterocycles. The third-order valence-corrected chi connectivity index (χ3v) is 2.83. The molecular formula is C14H21IN6. The minimum absolute atomic E-state index is 0. The molecule has 2 N–H and O–H groups in total. The Kier molecular flexibility index (Phi) is 7.73. The Labute approximate surface area is 142 Å². The van der Waals surface area contributed by atoms with Crippen molar-refractivity contribution in [1.29, 1.82) is 0 Å². The number of halogens is 1. The summed E-state index contributed by atoms with van der Waals surface area (Å²) in [6, 6.07) is 10.0. The van der Waals surface area contributed by atoms with Gasteiger partial charge in [-0.2, -0.15) is 0 Å². The van der Waals surface area contributed by atoms with E-state index in [4.69, 9.17) is 0 Å². The summed E-state index contributed by atoms with van der Waals surface area (Å²) in [6.45, 7) is 3.58. The highest BCUT2D eigenvalue weighted by atomic mass is 127. The van der Waals surface area contributed by atoms with Crippen LogP contribution in [0.2, 0.25) is 0 Å². The second-order valence-corrected chi connectivity index (χ2v) is 4.31. The van der Waals surface area contributed by atoms with E-state index in [1.807, 2.05) is 34.9 Å². The first-order valence-electron chi connectivity index (χ1n) is 6.74. The first kappa shape index (κ1) is 17.4. The van der Waals surface area contributed by atoms with Crippen LogP contribution < -0.4 is 10.6 Å². The van der Waals surface area contributed by atoms with E-state index in [9.17, 15) is 0 Å². The molecule has 0 unspecified atom stereocenters. The van der Waals surface area contributed by atoms with Gasteiger partial charge in [-0.05, 0) is 18.6 Å². The molecule has 1 aromatic carbocycles. The average Bonchev–Trinajstić information content (AvgIpc) is 2.97. The largest absolute Gasteiger partial charge is 0.356 e. The molecule has 0 bridgehead atoms. The molecule has 114 valence electrons. The van der Waals surface area contributed by atoms with Crippen molar-refractivity contribution >= 4 is 29.9 Å². The number of nitrogens with zero attached hydrogens (tertiary/aromatic N) is 4. The van der Waals surface area contributed by atoms with Crippen LogP contribution in [-0.2, 0) is 6.54 Å². The van der Waals surface area contributed by atoms with Gasteiger partial charge in [0.15, 0.2) is 11.8 Å². The summed E-state index contributed by atoms with van der Waals surface area (Å²) in [5.41, 5.74) is 1.05. The SMILES string of the molecule is CCCNC(=NC)NCc1nncn1-c1ccccc1.I. The predicted molar refractivity (Wildman–Crippen MR) is 95.3 cm³/mol. The minimum atomic E-state index is 0. The van der Waals surface area contributed by atoms with E-state index in [-0.39, 0.29) is 24.0 Å². The number of rotatable bonds is 5. The molecule has 0 aliphatic carbocycles. The van der Waals surface area contributed by atoms with Crippen molar-refractivity contribution in [3.63, 3.8) is 0 Å². The fourth-order valence-electron chi connectivity index (χ4n) is 1.81. The fraction of sp³-hybridized carbons (Fsp3) is 0.357. The lowest BCUT2D eigenvalue weighted by Crippen LogP contribution is -2.37. The highest BCUT2D eigenvalue weighted by Gasteiger charge is 2.06. The molecule has 21 heavy (non-hydrogen) atoms. The van der Waals surface area contributed by atoms with Crippen LogP contribution in [0.4, 0.5) is 0 Å². The van der Waals surface area contributed by atoms with Gasteiger partial charge < -0.3 is 10.6 Å². The van der Waals surface area contributed by atoms with Gasteiger partial charge in [0.25, 0.3) is 0 Å². The molecule has 1 aromatic heterocycles. The normalized spacial score (nSPS) is 10.9. The smallest absolute Gasteiger partial charge is 0.191 e. The first-order chi connectivity index (χ1) is 9.85. The number of benzene rings is 1. The highest BCUT2D eigenvalue weighted by Crippen LogP contribution is 2.08. The topological polar surface area (TPSA) is 67.1 Å².